The van der Waals surface area contributed by atoms with Gasteiger partial charge in [0, 0.05) is 13.7 Å². The van der Waals surface area contributed by atoms with E-state index in [1.165, 1.54) is 14.2 Å². The van der Waals surface area contributed by atoms with Gasteiger partial charge >= 0.3 is 5.97 Å². The van der Waals surface area contributed by atoms with Crippen molar-refractivity contribution in [3.05, 3.63) is 23.7 Å². The fourth-order valence-corrected chi connectivity index (χ4v) is 1.46. The van der Waals surface area contributed by atoms with Crippen LogP contribution in [0.4, 0.5) is 0 Å². The molecule has 0 aliphatic rings. The number of methoxy groups -OCH3 is 2. The van der Waals surface area contributed by atoms with Crippen LogP contribution in [0.25, 0.3) is 0 Å². The molecule has 6 heteroatoms. The smallest absolute Gasteiger partial charge is 0.373 e. The summed E-state index contributed by atoms with van der Waals surface area (Å²) in [6.07, 6.45) is -0.576. The molecule has 0 aliphatic carbocycles. The van der Waals surface area contributed by atoms with Crippen LogP contribution in [-0.4, -0.2) is 44.6 Å². The third-order valence-electron chi connectivity index (χ3n) is 2.46. The summed E-state index contributed by atoms with van der Waals surface area (Å²) in [6.45, 7) is 2.52. The summed E-state index contributed by atoms with van der Waals surface area (Å²) >= 11 is 0. The number of ether oxygens (including phenoxy) is 2. The lowest BCUT2D eigenvalue weighted by atomic mass is 10.2. The van der Waals surface area contributed by atoms with Gasteiger partial charge in [-0.3, -0.25) is 0 Å². The lowest BCUT2D eigenvalue weighted by Gasteiger charge is -2.14. The highest BCUT2D eigenvalue weighted by molar-refractivity contribution is 5.86. The van der Waals surface area contributed by atoms with Gasteiger partial charge in [0.1, 0.15) is 5.76 Å². The monoisotopic (exact) mass is 257 g/mol. The lowest BCUT2D eigenvalue weighted by molar-refractivity contribution is 0.0557. The third-order valence-corrected chi connectivity index (χ3v) is 2.46. The molecule has 18 heavy (non-hydrogen) atoms. The molecule has 0 radical (unpaired) electrons. The SMILES string of the molecule is COCC(O)CNC(C)c1ccc(C(=O)OC)o1. The van der Waals surface area contributed by atoms with Crippen molar-refractivity contribution >= 4 is 5.97 Å². The summed E-state index contributed by atoms with van der Waals surface area (Å²) in [6, 6.07) is 3.15. The van der Waals surface area contributed by atoms with Crippen LogP contribution in [0.1, 0.15) is 29.3 Å². The average Bonchev–Trinajstić information content (AvgIpc) is 2.85. The molecule has 0 spiro atoms. The van der Waals surface area contributed by atoms with Crippen molar-refractivity contribution in [3.63, 3.8) is 0 Å². The Hall–Kier alpha value is -1.37. The first kappa shape index (κ1) is 14.7. The summed E-state index contributed by atoms with van der Waals surface area (Å²) in [5.41, 5.74) is 0. The number of hydrogen-bond acceptors (Lipinski definition) is 6. The number of esters is 1. The van der Waals surface area contributed by atoms with Crippen LogP contribution < -0.4 is 5.32 Å². The van der Waals surface area contributed by atoms with E-state index in [4.69, 9.17) is 9.15 Å². The Bertz CT molecular complexity index is 376. The van der Waals surface area contributed by atoms with Crippen molar-refractivity contribution in [3.8, 4) is 0 Å². The van der Waals surface area contributed by atoms with E-state index in [2.05, 4.69) is 10.1 Å². The minimum Gasteiger partial charge on any atom is -0.463 e. The van der Waals surface area contributed by atoms with Gasteiger partial charge in [-0.15, -0.1) is 0 Å². The standard InChI is InChI=1S/C12H19NO5/c1-8(13-6-9(14)7-16-2)10-4-5-11(18-10)12(15)17-3/h4-5,8-9,13-14H,6-7H2,1-3H3. The first-order valence-corrected chi connectivity index (χ1v) is 5.67. The molecule has 0 saturated heterocycles. The maximum atomic E-state index is 11.2. The van der Waals surface area contributed by atoms with E-state index in [9.17, 15) is 9.90 Å². The molecule has 0 aromatic carbocycles. The van der Waals surface area contributed by atoms with Gasteiger partial charge in [-0.25, -0.2) is 4.79 Å². The third kappa shape index (κ3) is 4.14. The highest BCUT2D eigenvalue weighted by Crippen LogP contribution is 2.16. The minimum atomic E-state index is -0.576. The van der Waals surface area contributed by atoms with Gasteiger partial charge in [0.15, 0.2) is 0 Å². The second-order valence-corrected chi connectivity index (χ2v) is 3.93. The van der Waals surface area contributed by atoms with Crippen LogP contribution in [0.15, 0.2) is 16.5 Å². The van der Waals surface area contributed by atoms with Crippen molar-refractivity contribution in [1.29, 1.82) is 0 Å². The molecule has 0 aliphatic heterocycles. The predicted octanol–water partition coefficient (Wildman–Crippen LogP) is 0.724. The van der Waals surface area contributed by atoms with E-state index >= 15 is 0 Å². The molecule has 6 nitrogen and oxygen atoms in total. The molecular formula is C12H19NO5. The zero-order valence-corrected chi connectivity index (χ0v) is 10.8. The quantitative estimate of drug-likeness (QED) is 0.701. The van der Waals surface area contributed by atoms with Gasteiger partial charge in [0.05, 0.1) is 25.9 Å². The minimum absolute atomic E-state index is 0.116. The van der Waals surface area contributed by atoms with Crippen LogP contribution >= 0.6 is 0 Å². The fraction of sp³-hybridized carbons (Fsp3) is 0.583. The molecular weight excluding hydrogens is 238 g/mol. The summed E-state index contributed by atoms with van der Waals surface area (Å²) in [7, 11) is 2.83. The maximum Gasteiger partial charge on any atom is 0.373 e. The Labute approximate surface area is 106 Å². The molecule has 2 atom stereocenters. The van der Waals surface area contributed by atoms with Gasteiger partial charge < -0.3 is 24.3 Å². The van der Waals surface area contributed by atoms with Crippen LogP contribution in [0.3, 0.4) is 0 Å². The number of furan rings is 1. The van der Waals surface area contributed by atoms with E-state index in [0.717, 1.165) is 0 Å². The van der Waals surface area contributed by atoms with Crippen molar-refractivity contribution in [2.24, 2.45) is 0 Å². The van der Waals surface area contributed by atoms with Crippen LogP contribution in [-0.2, 0) is 9.47 Å². The van der Waals surface area contributed by atoms with Crippen molar-refractivity contribution in [2.75, 3.05) is 27.4 Å². The Kier molecular flexibility index (Phi) is 5.84. The molecule has 2 N–H and O–H groups in total. The molecule has 0 amide bonds. The first-order chi connectivity index (χ1) is 8.58. The Morgan fingerprint density at radius 2 is 2.22 bits per heavy atom. The predicted molar refractivity (Wildman–Crippen MR) is 64.3 cm³/mol. The zero-order chi connectivity index (χ0) is 13.5. The second kappa shape index (κ2) is 7.15. The summed E-state index contributed by atoms with van der Waals surface area (Å²) in [4.78, 5) is 11.2. The molecule has 0 saturated carbocycles. The van der Waals surface area contributed by atoms with E-state index in [1.807, 2.05) is 6.92 Å². The number of hydrogen-bond donors (Lipinski definition) is 2. The number of aliphatic hydroxyl groups excluding tert-OH is 1. The van der Waals surface area contributed by atoms with Crippen molar-refractivity contribution < 1.29 is 23.8 Å². The van der Waals surface area contributed by atoms with Gasteiger partial charge in [0.2, 0.25) is 5.76 Å². The first-order valence-electron chi connectivity index (χ1n) is 5.67. The number of nitrogens with one attached hydrogen (secondary N) is 1. The van der Waals surface area contributed by atoms with E-state index in [1.54, 1.807) is 12.1 Å². The molecule has 1 rings (SSSR count). The molecule has 1 aromatic heterocycles. The molecule has 0 fully saturated rings. The molecule has 102 valence electrons. The number of carbonyl (C=O) groups excluding carboxylic acids is 1. The summed E-state index contributed by atoms with van der Waals surface area (Å²) in [5, 5.41) is 12.6. The van der Waals surface area contributed by atoms with E-state index < -0.39 is 12.1 Å². The number of aliphatic hydroxyl groups is 1. The normalized spacial score (nSPS) is 14.2. The average molecular weight is 257 g/mol. The van der Waals surface area contributed by atoms with E-state index in [0.29, 0.717) is 12.3 Å². The van der Waals surface area contributed by atoms with Gasteiger partial charge in [-0.1, -0.05) is 0 Å². The van der Waals surface area contributed by atoms with Gasteiger partial charge in [-0.05, 0) is 19.1 Å². The number of carbonyl (C=O) groups is 1. The van der Waals surface area contributed by atoms with Crippen molar-refractivity contribution in [1.82, 2.24) is 5.32 Å². The molecule has 2 unspecified atom stereocenters. The van der Waals surface area contributed by atoms with Crippen LogP contribution in [0.5, 0.6) is 0 Å². The van der Waals surface area contributed by atoms with Crippen LogP contribution in [0, 0.1) is 0 Å². The molecule has 0 bridgehead atoms. The second-order valence-electron chi connectivity index (χ2n) is 3.93. The fourth-order valence-electron chi connectivity index (χ4n) is 1.46. The highest BCUT2D eigenvalue weighted by atomic mass is 16.5. The molecule has 1 aromatic rings. The highest BCUT2D eigenvalue weighted by Gasteiger charge is 2.15. The van der Waals surface area contributed by atoms with Gasteiger partial charge in [-0.2, -0.15) is 0 Å². The largest absolute Gasteiger partial charge is 0.463 e. The zero-order valence-electron chi connectivity index (χ0n) is 10.8. The van der Waals surface area contributed by atoms with Crippen molar-refractivity contribution in [2.45, 2.75) is 19.1 Å². The lowest BCUT2D eigenvalue weighted by Crippen LogP contribution is -2.31. The Morgan fingerprint density at radius 1 is 1.50 bits per heavy atom. The van der Waals surface area contributed by atoms with Crippen LogP contribution in [0.2, 0.25) is 0 Å². The maximum absolute atomic E-state index is 11.2. The van der Waals surface area contributed by atoms with E-state index in [-0.39, 0.29) is 18.4 Å². The topological polar surface area (TPSA) is 80.9 Å². The summed E-state index contributed by atoms with van der Waals surface area (Å²) in [5.74, 6) is 0.270. The summed E-state index contributed by atoms with van der Waals surface area (Å²) < 4.78 is 14.7. The number of rotatable bonds is 7. The Morgan fingerprint density at radius 3 is 2.83 bits per heavy atom. The molecule has 1 heterocycles. The Balaban J connectivity index is 2.49. The van der Waals surface area contributed by atoms with Gasteiger partial charge in [0.25, 0.3) is 0 Å².